The molecule has 0 unspecified atom stereocenters. The smallest absolute Gasteiger partial charge is 0.271 e. The van der Waals surface area contributed by atoms with Crippen LogP contribution in [0.4, 0.5) is 11.4 Å². The Hall–Kier alpha value is -1.71. The normalized spacial score (nSPS) is 11.6. The highest BCUT2D eigenvalue weighted by Crippen LogP contribution is 2.26. The molecule has 10 heteroatoms. The minimum atomic E-state index is -0.504. The molecule has 0 aliphatic rings. The summed E-state index contributed by atoms with van der Waals surface area (Å²) in [5, 5.41) is 17.7. The number of benzene rings is 1. The fraction of sp³-hybridized carbons (Fsp3) is 0.500. The van der Waals surface area contributed by atoms with E-state index < -0.39 is 4.92 Å². The molecule has 0 aliphatic heterocycles. The minimum absolute atomic E-state index is 0.0833. The van der Waals surface area contributed by atoms with Gasteiger partial charge in [0.1, 0.15) is 0 Å². The number of anilines is 1. The van der Waals surface area contributed by atoms with E-state index in [2.05, 4.69) is 42.3 Å². The van der Waals surface area contributed by atoms with Crippen LogP contribution >= 0.6 is 36.0 Å². The maximum atomic E-state index is 10.8. The predicted molar refractivity (Wildman–Crippen MR) is 114 cm³/mol. The Kier molecular flexibility index (Phi) is 9.53. The number of rotatable bonds is 7. The summed E-state index contributed by atoms with van der Waals surface area (Å²) < 4.78 is 0. The van der Waals surface area contributed by atoms with E-state index in [0.717, 1.165) is 12.8 Å². The summed E-state index contributed by atoms with van der Waals surface area (Å²) in [6.07, 6.45) is 3.33. The molecule has 0 aliphatic carbocycles. The maximum absolute atomic E-state index is 10.8. The lowest BCUT2D eigenvalue weighted by Gasteiger charge is -2.19. The van der Waals surface area contributed by atoms with Crippen LogP contribution in [-0.4, -0.2) is 21.2 Å². The quantitative estimate of drug-likeness (QED) is 0.299. The zero-order chi connectivity index (χ0) is 19.7. The highest BCUT2D eigenvalue weighted by atomic mass is 35.5. The average molecular weight is 418 g/mol. The van der Waals surface area contributed by atoms with Crippen LogP contribution in [0, 0.1) is 16.0 Å². The van der Waals surface area contributed by atoms with E-state index in [-0.39, 0.29) is 16.8 Å². The van der Waals surface area contributed by atoms with Crippen molar-refractivity contribution in [2.24, 2.45) is 5.92 Å². The molecule has 0 aromatic heterocycles. The minimum Gasteiger partial charge on any atom is -0.359 e. The molecular formula is C16H24ClN5O2S2. The molecule has 26 heavy (non-hydrogen) atoms. The standard InChI is InChI=1S/C16H24ClN5O2S2/c1-10(2)5-4-6-11(3)18-15(25)20-21-16(26)19-14-9-12(22(23)24)7-8-13(14)17/h7-11H,4-6H2,1-3H3,(H2,18,20,25)(H2,19,21,26)/t11-/m0/s1. The van der Waals surface area contributed by atoms with E-state index in [1.807, 2.05) is 0 Å². The van der Waals surface area contributed by atoms with Crippen LogP contribution < -0.4 is 21.5 Å². The molecule has 1 aromatic rings. The van der Waals surface area contributed by atoms with E-state index in [9.17, 15) is 10.1 Å². The van der Waals surface area contributed by atoms with Crippen molar-refractivity contribution in [1.82, 2.24) is 16.2 Å². The van der Waals surface area contributed by atoms with Gasteiger partial charge in [0.15, 0.2) is 10.2 Å². The summed E-state index contributed by atoms with van der Waals surface area (Å²) in [7, 11) is 0. The van der Waals surface area contributed by atoms with Gasteiger partial charge in [-0.05, 0) is 49.8 Å². The summed E-state index contributed by atoms with van der Waals surface area (Å²) in [6.45, 7) is 6.47. The van der Waals surface area contributed by atoms with Crippen LogP contribution in [0.25, 0.3) is 0 Å². The number of nitro groups is 1. The summed E-state index contributed by atoms with van der Waals surface area (Å²) in [5.74, 6) is 0.693. The fourth-order valence-corrected chi connectivity index (χ4v) is 2.73. The average Bonchev–Trinajstić information content (AvgIpc) is 2.54. The lowest BCUT2D eigenvalue weighted by molar-refractivity contribution is -0.384. The topological polar surface area (TPSA) is 91.3 Å². The summed E-state index contributed by atoms with van der Waals surface area (Å²) >= 11 is 16.4. The zero-order valence-electron chi connectivity index (χ0n) is 15.0. The highest BCUT2D eigenvalue weighted by Gasteiger charge is 2.11. The molecule has 0 saturated heterocycles. The summed E-state index contributed by atoms with van der Waals surface area (Å²) in [6, 6.07) is 4.30. The van der Waals surface area contributed by atoms with Crippen LogP contribution in [0.15, 0.2) is 18.2 Å². The number of nitrogens with zero attached hydrogens (tertiary/aromatic N) is 1. The first-order chi connectivity index (χ1) is 12.2. The molecule has 0 spiro atoms. The third-order valence-corrected chi connectivity index (χ3v) is 4.25. The molecule has 7 nitrogen and oxygen atoms in total. The zero-order valence-corrected chi connectivity index (χ0v) is 17.4. The Morgan fingerprint density at radius 1 is 1.19 bits per heavy atom. The molecule has 0 bridgehead atoms. The highest BCUT2D eigenvalue weighted by molar-refractivity contribution is 7.80. The van der Waals surface area contributed by atoms with Crippen molar-refractivity contribution in [1.29, 1.82) is 0 Å². The van der Waals surface area contributed by atoms with Gasteiger partial charge in [0.05, 0.1) is 15.6 Å². The van der Waals surface area contributed by atoms with Crippen molar-refractivity contribution >= 4 is 57.6 Å². The third kappa shape index (κ3) is 8.59. The van der Waals surface area contributed by atoms with Gasteiger partial charge in [-0.1, -0.05) is 38.3 Å². The first-order valence-electron chi connectivity index (χ1n) is 8.26. The largest absolute Gasteiger partial charge is 0.359 e. The van der Waals surface area contributed by atoms with Crippen molar-refractivity contribution in [2.75, 3.05) is 5.32 Å². The number of hydrogen-bond donors (Lipinski definition) is 4. The summed E-state index contributed by atoms with van der Waals surface area (Å²) in [4.78, 5) is 10.3. The number of nitrogens with one attached hydrogen (secondary N) is 4. The number of thiocarbonyl (C=S) groups is 2. The molecule has 0 fully saturated rings. The molecule has 1 atom stereocenters. The van der Waals surface area contributed by atoms with Gasteiger partial charge in [-0.2, -0.15) is 0 Å². The molecular weight excluding hydrogens is 394 g/mol. The number of nitro benzene ring substituents is 1. The van der Waals surface area contributed by atoms with Gasteiger partial charge in [0.25, 0.3) is 5.69 Å². The third-order valence-electron chi connectivity index (χ3n) is 3.49. The molecule has 0 saturated carbocycles. The van der Waals surface area contributed by atoms with Crippen molar-refractivity contribution < 1.29 is 4.92 Å². The lowest BCUT2D eigenvalue weighted by atomic mass is 10.0. The van der Waals surface area contributed by atoms with Crippen molar-refractivity contribution in [3.05, 3.63) is 33.3 Å². The van der Waals surface area contributed by atoms with E-state index in [0.29, 0.717) is 21.7 Å². The molecule has 1 rings (SSSR count). The van der Waals surface area contributed by atoms with Gasteiger partial charge in [-0.3, -0.25) is 21.0 Å². The van der Waals surface area contributed by atoms with Gasteiger partial charge in [-0.25, -0.2) is 0 Å². The van der Waals surface area contributed by atoms with Crippen LogP contribution in [0.3, 0.4) is 0 Å². The predicted octanol–water partition coefficient (Wildman–Crippen LogP) is 4.13. The Morgan fingerprint density at radius 3 is 2.46 bits per heavy atom. The second kappa shape index (κ2) is 11.1. The van der Waals surface area contributed by atoms with E-state index >= 15 is 0 Å². The number of halogens is 1. The summed E-state index contributed by atoms with van der Waals surface area (Å²) in [5.41, 5.74) is 5.75. The van der Waals surface area contributed by atoms with Gasteiger partial charge >= 0.3 is 0 Å². The van der Waals surface area contributed by atoms with E-state index in [1.54, 1.807) is 0 Å². The lowest BCUT2D eigenvalue weighted by Crippen LogP contribution is -2.50. The van der Waals surface area contributed by atoms with Gasteiger partial charge < -0.3 is 10.6 Å². The molecule has 0 radical (unpaired) electrons. The molecule has 144 valence electrons. The van der Waals surface area contributed by atoms with Crippen LogP contribution in [0.5, 0.6) is 0 Å². The van der Waals surface area contributed by atoms with Crippen molar-refractivity contribution in [2.45, 2.75) is 46.1 Å². The Morgan fingerprint density at radius 2 is 1.85 bits per heavy atom. The van der Waals surface area contributed by atoms with Crippen LogP contribution in [0.1, 0.15) is 40.0 Å². The number of hydrogen-bond acceptors (Lipinski definition) is 4. The van der Waals surface area contributed by atoms with Crippen LogP contribution in [-0.2, 0) is 0 Å². The monoisotopic (exact) mass is 417 g/mol. The number of hydrazine groups is 1. The van der Waals surface area contributed by atoms with Gasteiger partial charge in [0, 0.05) is 18.2 Å². The fourth-order valence-electron chi connectivity index (χ4n) is 2.15. The molecule has 0 heterocycles. The SMILES string of the molecule is CC(C)CCC[C@H](C)NC(=S)NNC(=S)Nc1cc([N+](=O)[O-])ccc1Cl. The molecule has 1 aromatic carbocycles. The number of non-ortho nitro benzene ring substituents is 1. The second-order valence-electron chi connectivity index (χ2n) is 6.32. The van der Waals surface area contributed by atoms with Crippen molar-refractivity contribution in [3.8, 4) is 0 Å². The van der Waals surface area contributed by atoms with E-state index in [1.165, 1.54) is 24.6 Å². The Labute approximate surface area is 169 Å². The molecule has 4 N–H and O–H groups in total. The van der Waals surface area contributed by atoms with Crippen molar-refractivity contribution in [3.63, 3.8) is 0 Å². The maximum Gasteiger partial charge on any atom is 0.271 e. The first-order valence-corrected chi connectivity index (χ1v) is 9.46. The Balaban J connectivity index is 2.41. The Bertz CT molecular complexity index is 658. The van der Waals surface area contributed by atoms with Gasteiger partial charge in [0.2, 0.25) is 0 Å². The van der Waals surface area contributed by atoms with Crippen LogP contribution in [0.2, 0.25) is 5.02 Å². The second-order valence-corrected chi connectivity index (χ2v) is 7.55. The van der Waals surface area contributed by atoms with E-state index in [4.69, 9.17) is 36.0 Å². The molecule has 0 amide bonds. The first kappa shape index (κ1) is 22.3. The van der Waals surface area contributed by atoms with Gasteiger partial charge in [-0.15, -0.1) is 0 Å².